The highest BCUT2D eigenvalue weighted by Crippen LogP contribution is 2.21. The fourth-order valence-electron chi connectivity index (χ4n) is 0.499. The van der Waals surface area contributed by atoms with Crippen LogP contribution in [-0.4, -0.2) is 13.7 Å². The smallest absolute Gasteiger partial charge is 0.188 e. The summed E-state index contributed by atoms with van der Waals surface area (Å²) >= 11 is 4.34. The quantitative estimate of drug-likeness (QED) is 0.639. The van der Waals surface area contributed by atoms with Crippen LogP contribution < -0.4 is 0 Å². The fourth-order valence-corrected chi connectivity index (χ4v) is 1.58. The van der Waals surface area contributed by atoms with Crippen LogP contribution in [0, 0.1) is 0 Å². The Labute approximate surface area is 82.8 Å². The molecule has 0 saturated carbocycles. The zero-order chi connectivity index (χ0) is 8.43. The molecule has 0 aliphatic rings. The molecule has 0 bridgehead atoms. The number of hydrogen-bond acceptors (Lipinski definition) is 2. The van der Waals surface area contributed by atoms with Gasteiger partial charge in [0, 0.05) is 6.20 Å². The van der Waals surface area contributed by atoms with Gasteiger partial charge in [-0.3, -0.25) is 0 Å². The highest BCUT2D eigenvalue weighted by molar-refractivity contribution is 9.13. The fraction of sp³-hybridized carbons (Fsp3) is 0. The average Bonchev–Trinajstić information content (AvgIpc) is 1.94. The van der Waals surface area contributed by atoms with Crippen LogP contribution in [0.15, 0.2) is 26.2 Å². The van der Waals surface area contributed by atoms with Crippen molar-refractivity contribution in [2.24, 2.45) is 0 Å². The second kappa shape index (κ2) is 3.75. The molecule has 6 heteroatoms. The second-order valence-electron chi connectivity index (χ2n) is 1.69. The molecule has 0 aliphatic carbocycles. The van der Waals surface area contributed by atoms with E-state index < -0.39 is 11.1 Å². The molecule has 0 aliphatic heterocycles. The summed E-state index contributed by atoms with van der Waals surface area (Å²) in [6.07, 6.45) is 1.34. The van der Waals surface area contributed by atoms with E-state index in [4.69, 9.17) is 4.55 Å². The molecule has 1 aromatic heterocycles. The third-order valence-electron chi connectivity index (χ3n) is 0.973. The van der Waals surface area contributed by atoms with Crippen molar-refractivity contribution in [2.45, 2.75) is 4.90 Å². The van der Waals surface area contributed by atoms with Crippen LogP contribution in [0.25, 0.3) is 0 Å². The monoisotopic (exact) mass is 299 g/mol. The van der Waals surface area contributed by atoms with E-state index in [1.807, 2.05) is 0 Å². The Morgan fingerprint density at radius 1 is 1.55 bits per heavy atom. The van der Waals surface area contributed by atoms with Crippen molar-refractivity contribution < 1.29 is 8.76 Å². The van der Waals surface area contributed by atoms with Crippen molar-refractivity contribution in [3.63, 3.8) is 0 Å². The summed E-state index contributed by atoms with van der Waals surface area (Å²) in [6.45, 7) is 0. The van der Waals surface area contributed by atoms with Crippen LogP contribution in [0.2, 0.25) is 0 Å². The van der Waals surface area contributed by atoms with Gasteiger partial charge in [-0.25, -0.2) is 9.19 Å². The topological polar surface area (TPSA) is 50.2 Å². The van der Waals surface area contributed by atoms with Crippen molar-refractivity contribution in [2.75, 3.05) is 0 Å². The highest BCUT2D eigenvalue weighted by atomic mass is 79.9. The molecule has 60 valence electrons. The van der Waals surface area contributed by atoms with E-state index in [1.54, 1.807) is 0 Å². The Bertz CT molecular complexity index is 305. The van der Waals surface area contributed by atoms with Gasteiger partial charge in [0.1, 0.15) is 4.60 Å². The molecule has 1 N–H and O–H groups in total. The minimum atomic E-state index is -1.96. The third-order valence-corrected chi connectivity index (χ3v) is 3.37. The largest absolute Gasteiger partial charge is 0.302 e. The molecular weight excluding hydrogens is 298 g/mol. The minimum Gasteiger partial charge on any atom is -0.302 e. The van der Waals surface area contributed by atoms with E-state index in [0.29, 0.717) is 9.08 Å². The van der Waals surface area contributed by atoms with Gasteiger partial charge in [0.25, 0.3) is 0 Å². The minimum absolute atomic E-state index is 0.278. The van der Waals surface area contributed by atoms with E-state index >= 15 is 0 Å². The summed E-state index contributed by atoms with van der Waals surface area (Å²) in [5.41, 5.74) is 0. The number of hydrogen-bond donors (Lipinski definition) is 1. The SMILES string of the molecule is O=S(O)c1cnc(Br)c(Br)c1. The normalized spacial score (nSPS) is 13.0. The average molecular weight is 301 g/mol. The molecule has 0 amide bonds. The number of nitrogens with zero attached hydrogens (tertiary/aromatic N) is 1. The zero-order valence-corrected chi connectivity index (χ0v) is 9.11. The molecule has 0 saturated heterocycles. The molecule has 1 heterocycles. The van der Waals surface area contributed by atoms with Gasteiger partial charge in [-0.2, -0.15) is 0 Å². The van der Waals surface area contributed by atoms with Crippen molar-refractivity contribution in [1.29, 1.82) is 0 Å². The summed E-state index contributed by atoms with van der Waals surface area (Å²) in [5.74, 6) is 0. The predicted octanol–water partition coefficient (Wildman–Crippen LogP) is 2.19. The Morgan fingerprint density at radius 2 is 2.18 bits per heavy atom. The van der Waals surface area contributed by atoms with Crippen molar-refractivity contribution in [3.05, 3.63) is 21.3 Å². The lowest BCUT2D eigenvalue weighted by atomic mass is 10.5. The Balaban J connectivity index is 3.15. The van der Waals surface area contributed by atoms with Crippen molar-refractivity contribution in [1.82, 2.24) is 4.98 Å². The maximum Gasteiger partial charge on any atom is 0.188 e. The maximum atomic E-state index is 10.5. The Morgan fingerprint density at radius 3 is 2.64 bits per heavy atom. The lowest BCUT2D eigenvalue weighted by molar-refractivity contribution is 0.564. The van der Waals surface area contributed by atoms with Gasteiger partial charge in [0.2, 0.25) is 0 Å². The molecule has 0 spiro atoms. The molecule has 1 aromatic rings. The summed E-state index contributed by atoms with van der Waals surface area (Å²) in [5, 5.41) is 0. The number of rotatable bonds is 1. The molecule has 3 nitrogen and oxygen atoms in total. The Hall–Kier alpha value is 0.220. The molecule has 11 heavy (non-hydrogen) atoms. The second-order valence-corrected chi connectivity index (χ2v) is 4.27. The third kappa shape index (κ3) is 2.33. The van der Waals surface area contributed by atoms with Gasteiger partial charge in [-0.05, 0) is 37.9 Å². The van der Waals surface area contributed by atoms with E-state index in [0.717, 1.165) is 0 Å². The first-order valence-corrected chi connectivity index (χ1v) is 5.22. The molecule has 1 rings (SSSR count). The molecule has 0 radical (unpaired) electrons. The Kier molecular flexibility index (Phi) is 3.17. The standard InChI is InChI=1S/C5H3Br2NO2S/c6-4-1-3(11(9)10)2-8-5(4)7/h1-2H,(H,9,10). The molecule has 1 atom stereocenters. The molecule has 0 aromatic carbocycles. The lowest BCUT2D eigenvalue weighted by Gasteiger charge is -1.96. The van der Waals surface area contributed by atoms with Crippen molar-refractivity contribution >= 4 is 42.9 Å². The number of halogens is 2. The van der Waals surface area contributed by atoms with Crippen molar-refractivity contribution in [3.8, 4) is 0 Å². The number of aromatic nitrogens is 1. The van der Waals surface area contributed by atoms with Gasteiger partial charge in [0.15, 0.2) is 11.1 Å². The predicted molar refractivity (Wildman–Crippen MR) is 48.7 cm³/mol. The molecule has 0 fully saturated rings. The first-order chi connectivity index (χ1) is 5.11. The summed E-state index contributed by atoms with van der Waals surface area (Å²) < 4.78 is 20.4. The zero-order valence-electron chi connectivity index (χ0n) is 5.12. The van der Waals surface area contributed by atoms with E-state index in [2.05, 4.69) is 36.8 Å². The number of pyridine rings is 1. The van der Waals surface area contributed by atoms with Crippen LogP contribution in [0.1, 0.15) is 0 Å². The van der Waals surface area contributed by atoms with Gasteiger partial charge in [0.05, 0.1) is 9.37 Å². The van der Waals surface area contributed by atoms with E-state index in [-0.39, 0.29) is 4.90 Å². The van der Waals surface area contributed by atoms with Gasteiger partial charge in [-0.1, -0.05) is 0 Å². The lowest BCUT2D eigenvalue weighted by Crippen LogP contribution is -1.89. The van der Waals surface area contributed by atoms with Crippen LogP contribution in [0.5, 0.6) is 0 Å². The van der Waals surface area contributed by atoms with Gasteiger partial charge >= 0.3 is 0 Å². The van der Waals surface area contributed by atoms with Gasteiger partial charge in [-0.15, -0.1) is 0 Å². The van der Waals surface area contributed by atoms with Crippen LogP contribution >= 0.6 is 31.9 Å². The maximum absolute atomic E-state index is 10.5. The van der Waals surface area contributed by atoms with Crippen LogP contribution in [0.3, 0.4) is 0 Å². The summed E-state index contributed by atoms with van der Waals surface area (Å²) in [7, 11) is 0. The van der Waals surface area contributed by atoms with Gasteiger partial charge < -0.3 is 4.55 Å². The summed E-state index contributed by atoms with van der Waals surface area (Å²) in [4.78, 5) is 4.09. The van der Waals surface area contributed by atoms with E-state index in [1.165, 1.54) is 12.3 Å². The summed E-state index contributed by atoms with van der Waals surface area (Å²) in [6, 6.07) is 1.53. The first-order valence-electron chi connectivity index (χ1n) is 2.53. The molecule has 1 unspecified atom stereocenters. The van der Waals surface area contributed by atoms with E-state index in [9.17, 15) is 4.21 Å². The molecular formula is C5H3Br2NO2S. The highest BCUT2D eigenvalue weighted by Gasteiger charge is 2.03. The first kappa shape index (κ1) is 9.31. The van der Waals surface area contributed by atoms with Crippen LogP contribution in [0.4, 0.5) is 0 Å². The van der Waals surface area contributed by atoms with Crippen LogP contribution in [-0.2, 0) is 11.1 Å².